The van der Waals surface area contributed by atoms with Crippen molar-refractivity contribution in [3.8, 4) is 0 Å². The molecule has 1 rings (SSSR count). The minimum atomic E-state index is -1.22. The van der Waals surface area contributed by atoms with E-state index in [1.54, 1.807) is 7.05 Å². The van der Waals surface area contributed by atoms with Crippen LogP contribution in [0.3, 0.4) is 0 Å². The third-order valence-corrected chi connectivity index (χ3v) is 2.27. The first-order valence-corrected chi connectivity index (χ1v) is 5.40. The summed E-state index contributed by atoms with van der Waals surface area (Å²) in [6.45, 7) is -0.234. The summed E-state index contributed by atoms with van der Waals surface area (Å²) in [5, 5.41) is 19.7. The van der Waals surface area contributed by atoms with E-state index in [1.165, 1.54) is 24.1 Å². The summed E-state index contributed by atoms with van der Waals surface area (Å²) < 4.78 is 1.43. The van der Waals surface area contributed by atoms with E-state index in [1.807, 2.05) is 0 Å². The molecule has 0 saturated heterocycles. The second kappa shape index (κ2) is 6.38. The number of carbonyl (C=O) groups excluding carboxylic acids is 2. The zero-order chi connectivity index (χ0) is 14.4. The van der Waals surface area contributed by atoms with E-state index in [0.29, 0.717) is 5.56 Å². The number of nitrogens with one attached hydrogen (secondary N) is 3. The normalized spacial score (nSPS) is 11.5. The molecule has 9 nitrogen and oxygen atoms in total. The molecular weight excluding hydrogens is 254 g/mol. The minimum absolute atomic E-state index is 0.234. The maximum atomic E-state index is 11.5. The van der Waals surface area contributed by atoms with Crippen LogP contribution >= 0.6 is 0 Å². The van der Waals surface area contributed by atoms with Crippen molar-refractivity contribution in [3.63, 3.8) is 0 Å². The van der Waals surface area contributed by atoms with E-state index < -0.39 is 18.0 Å². The van der Waals surface area contributed by atoms with Gasteiger partial charge in [0.2, 0.25) is 5.91 Å². The quantitative estimate of drug-likeness (QED) is 0.522. The molecule has 104 valence electrons. The van der Waals surface area contributed by atoms with Crippen LogP contribution in [0.1, 0.15) is 11.6 Å². The molecule has 0 aliphatic carbocycles. The summed E-state index contributed by atoms with van der Waals surface area (Å²) in [5.41, 5.74) is 0.338. The Labute approximate surface area is 109 Å². The Balaban J connectivity index is 2.62. The molecule has 0 aliphatic heterocycles. The molecule has 0 bridgehead atoms. The molecule has 19 heavy (non-hydrogen) atoms. The van der Waals surface area contributed by atoms with Crippen molar-refractivity contribution < 1.29 is 19.5 Å². The van der Waals surface area contributed by atoms with Gasteiger partial charge in [-0.3, -0.25) is 9.48 Å². The van der Waals surface area contributed by atoms with E-state index in [0.717, 1.165) is 0 Å². The predicted molar refractivity (Wildman–Crippen MR) is 64.2 cm³/mol. The molecule has 0 saturated carbocycles. The Morgan fingerprint density at radius 2 is 2.16 bits per heavy atom. The topological polar surface area (TPSA) is 125 Å². The third kappa shape index (κ3) is 4.30. The van der Waals surface area contributed by atoms with Crippen molar-refractivity contribution in [1.82, 2.24) is 25.7 Å². The lowest BCUT2D eigenvalue weighted by Gasteiger charge is -2.13. The number of aryl methyl sites for hydroxylation is 1. The zero-order valence-electron chi connectivity index (χ0n) is 10.5. The fourth-order valence-corrected chi connectivity index (χ4v) is 1.31. The fraction of sp³-hybridized carbons (Fsp3) is 0.400. The maximum absolute atomic E-state index is 11.5. The van der Waals surface area contributed by atoms with E-state index in [-0.39, 0.29) is 12.5 Å². The molecule has 0 aromatic carbocycles. The van der Waals surface area contributed by atoms with Crippen LogP contribution in [0.25, 0.3) is 0 Å². The van der Waals surface area contributed by atoms with Gasteiger partial charge in [-0.2, -0.15) is 5.10 Å². The van der Waals surface area contributed by atoms with Crippen molar-refractivity contribution in [2.45, 2.75) is 6.04 Å². The van der Waals surface area contributed by atoms with Crippen molar-refractivity contribution in [3.05, 3.63) is 18.0 Å². The van der Waals surface area contributed by atoms with Crippen LogP contribution in [-0.2, 0) is 16.6 Å². The third-order valence-electron chi connectivity index (χ3n) is 2.27. The maximum Gasteiger partial charge on any atom is 0.331 e. The number of hydrogen-bond donors (Lipinski definition) is 4. The largest absolute Gasteiger partial charge is 0.479 e. The SMILES string of the molecule is CNC(=O)CNC(=O)NC(C(=O)O)c1cnn(C)c1. The molecular formula is C10H15N5O4. The molecule has 1 aromatic rings. The lowest BCUT2D eigenvalue weighted by Crippen LogP contribution is -2.44. The smallest absolute Gasteiger partial charge is 0.331 e. The lowest BCUT2D eigenvalue weighted by molar-refractivity contribution is -0.139. The first kappa shape index (κ1) is 14.5. The predicted octanol–water partition coefficient (Wildman–Crippen LogP) is -1.41. The van der Waals surface area contributed by atoms with Gasteiger partial charge in [0, 0.05) is 25.9 Å². The highest BCUT2D eigenvalue weighted by Gasteiger charge is 2.23. The van der Waals surface area contributed by atoms with Crippen LogP contribution in [0, 0.1) is 0 Å². The average Bonchev–Trinajstić information content (AvgIpc) is 2.78. The number of urea groups is 1. The molecule has 3 amide bonds. The summed E-state index contributed by atoms with van der Waals surface area (Å²) in [6, 6.07) is -1.97. The number of carboxylic acid groups (broad SMARTS) is 1. The average molecular weight is 269 g/mol. The number of likely N-dealkylation sites (N-methyl/N-ethyl adjacent to an activating group) is 1. The number of aliphatic carboxylic acids is 1. The van der Waals surface area contributed by atoms with Gasteiger partial charge in [0.15, 0.2) is 6.04 Å². The van der Waals surface area contributed by atoms with Crippen molar-refractivity contribution in [2.75, 3.05) is 13.6 Å². The van der Waals surface area contributed by atoms with E-state index >= 15 is 0 Å². The van der Waals surface area contributed by atoms with Gasteiger partial charge in [-0.15, -0.1) is 0 Å². The molecule has 0 aliphatic rings. The number of carbonyl (C=O) groups is 3. The number of carboxylic acids is 1. The minimum Gasteiger partial charge on any atom is -0.479 e. The van der Waals surface area contributed by atoms with Crippen molar-refractivity contribution in [2.24, 2.45) is 7.05 Å². The van der Waals surface area contributed by atoms with Gasteiger partial charge in [0.25, 0.3) is 0 Å². The molecule has 0 radical (unpaired) electrons. The van der Waals surface area contributed by atoms with Gasteiger partial charge >= 0.3 is 12.0 Å². The zero-order valence-corrected chi connectivity index (χ0v) is 10.5. The van der Waals surface area contributed by atoms with Gasteiger partial charge in [-0.1, -0.05) is 0 Å². The Hall–Kier alpha value is -2.58. The molecule has 1 atom stereocenters. The number of nitrogens with zero attached hydrogens (tertiary/aromatic N) is 2. The van der Waals surface area contributed by atoms with E-state index in [9.17, 15) is 14.4 Å². The number of rotatable bonds is 5. The molecule has 0 spiro atoms. The second-order valence-electron chi connectivity index (χ2n) is 3.72. The Kier molecular flexibility index (Phi) is 4.86. The first-order valence-electron chi connectivity index (χ1n) is 5.40. The summed E-state index contributed by atoms with van der Waals surface area (Å²) >= 11 is 0. The molecule has 1 aromatic heterocycles. The number of amides is 3. The Morgan fingerprint density at radius 3 is 2.63 bits per heavy atom. The van der Waals surface area contributed by atoms with Gasteiger partial charge in [0.1, 0.15) is 0 Å². The highest BCUT2D eigenvalue weighted by atomic mass is 16.4. The Morgan fingerprint density at radius 1 is 1.47 bits per heavy atom. The number of aromatic nitrogens is 2. The Bertz CT molecular complexity index is 484. The van der Waals surface area contributed by atoms with Crippen LogP contribution in [0.4, 0.5) is 4.79 Å². The van der Waals surface area contributed by atoms with E-state index in [4.69, 9.17) is 5.11 Å². The summed E-state index contributed by atoms with van der Waals surface area (Å²) in [6.07, 6.45) is 2.83. The van der Waals surface area contributed by atoms with Gasteiger partial charge in [-0.25, -0.2) is 9.59 Å². The molecule has 1 unspecified atom stereocenters. The first-order chi connectivity index (χ1) is 8.93. The number of hydrogen-bond acceptors (Lipinski definition) is 4. The fourth-order valence-electron chi connectivity index (χ4n) is 1.31. The standard InChI is InChI=1S/C10H15N5O4/c1-11-7(16)4-12-10(19)14-8(9(17)18)6-3-13-15(2)5-6/h3,5,8H,4H2,1-2H3,(H,11,16)(H,17,18)(H2,12,14,19). The van der Waals surface area contributed by atoms with Crippen LogP contribution in [0.15, 0.2) is 12.4 Å². The monoisotopic (exact) mass is 269 g/mol. The highest BCUT2D eigenvalue weighted by Crippen LogP contribution is 2.11. The summed E-state index contributed by atoms with van der Waals surface area (Å²) in [7, 11) is 3.06. The van der Waals surface area contributed by atoms with Crippen LogP contribution in [-0.4, -0.2) is 46.4 Å². The van der Waals surface area contributed by atoms with Crippen molar-refractivity contribution in [1.29, 1.82) is 0 Å². The lowest BCUT2D eigenvalue weighted by atomic mass is 10.1. The molecule has 1 heterocycles. The molecule has 9 heteroatoms. The second-order valence-corrected chi connectivity index (χ2v) is 3.72. The van der Waals surface area contributed by atoms with Gasteiger partial charge in [0.05, 0.1) is 12.7 Å². The van der Waals surface area contributed by atoms with Crippen LogP contribution in [0.2, 0.25) is 0 Å². The van der Waals surface area contributed by atoms with Crippen LogP contribution < -0.4 is 16.0 Å². The highest BCUT2D eigenvalue weighted by molar-refractivity contribution is 5.86. The van der Waals surface area contributed by atoms with Crippen LogP contribution in [0.5, 0.6) is 0 Å². The molecule has 0 fully saturated rings. The van der Waals surface area contributed by atoms with Crippen molar-refractivity contribution >= 4 is 17.9 Å². The summed E-state index contributed by atoms with van der Waals surface area (Å²) in [5.74, 6) is -1.61. The molecule has 4 N–H and O–H groups in total. The van der Waals surface area contributed by atoms with Gasteiger partial charge < -0.3 is 21.1 Å². The van der Waals surface area contributed by atoms with E-state index in [2.05, 4.69) is 21.0 Å². The van der Waals surface area contributed by atoms with Gasteiger partial charge in [-0.05, 0) is 0 Å². The summed E-state index contributed by atoms with van der Waals surface area (Å²) in [4.78, 5) is 33.5.